The van der Waals surface area contributed by atoms with Crippen molar-refractivity contribution in [2.75, 3.05) is 6.54 Å². The van der Waals surface area contributed by atoms with E-state index < -0.39 is 0 Å². The van der Waals surface area contributed by atoms with Crippen LogP contribution in [0.15, 0.2) is 16.5 Å². The number of aldehydes is 1. The van der Waals surface area contributed by atoms with Gasteiger partial charge in [0.15, 0.2) is 12.0 Å². The van der Waals surface area contributed by atoms with Crippen molar-refractivity contribution in [3.05, 3.63) is 23.7 Å². The Balaban J connectivity index is 2.03. The van der Waals surface area contributed by atoms with Gasteiger partial charge in [0.05, 0.1) is 13.1 Å². The van der Waals surface area contributed by atoms with Gasteiger partial charge in [-0.3, -0.25) is 14.5 Å². The summed E-state index contributed by atoms with van der Waals surface area (Å²) in [6, 6.07) is 3.80. The van der Waals surface area contributed by atoms with Crippen molar-refractivity contribution < 1.29 is 14.0 Å². The maximum Gasteiger partial charge on any atom is 0.231 e. The fourth-order valence-corrected chi connectivity index (χ4v) is 2.53. The first-order chi connectivity index (χ1) is 8.69. The average Bonchev–Trinajstić information content (AvgIpc) is 2.98. The molecule has 0 radical (unpaired) electrons. The average molecular weight is 250 g/mol. The van der Waals surface area contributed by atoms with Gasteiger partial charge in [-0.1, -0.05) is 12.8 Å². The Hall–Kier alpha value is -1.62. The second-order valence-electron chi connectivity index (χ2n) is 4.73. The molecule has 0 aromatic carbocycles. The van der Waals surface area contributed by atoms with Crippen LogP contribution in [0.3, 0.4) is 0 Å². The monoisotopic (exact) mass is 250 g/mol. The highest BCUT2D eigenvalue weighted by Crippen LogP contribution is 2.25. The van der Waals surface area contributed by atoms with E-state index in [1.807, 2.05) is 4.90 Å². The predicted molar refractivity (Wildman–Crippen MR) is 66.0 cm³/mol. The number of amides is 1. The fraction of sp³-hybridized carbons (Fsp3) is 0.538. The van der Waals surface area contributed by atoms with Crippen LogP contribution in [0.1, 0.15) is 42.0 Å². The third-order valence-corrected chi connectivity index (χ3v) is 3.36. The van der Waals surface area contributed by atoms with Gasteiger partial charge >= 0.3 is 0 Å². The number of carbonyl (C=O) groups is 2. The molecule has 1 saturated carbocycles. The van der Waals surface area contributed by atoms with Gasteiger partial charge in [0, 0.05) is 6.04 Å². The van der Waals surface area contributed by atoms with Crippen molar-refractivity contribution in [3.63, 3.8) is 0 Å². The number of nitrogens with zero attached hydrogens (tertiary/aromatic N) is 1. The molecule has 0 spiro atoms. The fourth-order valence-electron chi connectivity index (χ4n) is 2.53. The van der Waals surface area contributed by atoms with Gasteiger partial charge in [-0.2, -0.15) is 0 Å². The number of rotatable bonds is 6. The summed E-state index contributed by atoms with van der Waals surface area (Å²) in [5.74, 6) is 0.685. The summed E-state index contributed by atoms with van der Waals surface area (Å²) < 4.78 is 5.34. The maximum absolute atomic E-state index is 11.1. The van der Waals surface area contributed by atoms with Crippen LogP contribution in [0.25, 0.3) is 0 Å². The van der Waals surface area contributed by atoms with E-state index in [1.165, 1.54) is 12.8 Å². The Kier molecular flexibility index (Phi) is 4.15. The smallest absolute Gasteiger partial charge is 0.231 e. The van der Waals surface area contributed by atoms with Crippen LogP contribution in [0, 0.1) is 0 Å². The molecule has 0 saturated heterocycles. The normalized spacial score (nSPS) is 16.3. The minimum absolute atomic E-state index is 0.238. The van der Waals surface area contributed by atoms with Crippen molar-refractivity contribution >= 4 is 12.2 Å². The van der Waals surface area contributed by atoms with Gasteiger partial charge in [-0.25, -0.2) is 0 Å². The lowest BCUT2D eigenvalue weighted by molar-refractivity contribution is -0.119. The topological polar surface area (TPSA) is 76.5 Å². The molecule has 0 unspecified atom stereocenters. The third-order valence-electron chi connectivity index (χ3n) is 3.36. The molecule has 1 aromatic rings. The van der Waals surface area contributed by atoms with Crippen molar-refractivity contribution in [1.29, 1.82) is 0 Å². The second kappa shape index (κ2) is 5.82. The first-order valence-electron chi connectivity index (χ1n) is 6.25. The quantitative estimate of drug-likeness (QED) is 0.772. The molecule has 0 atom stereocenters. The van der Waals surface area contributed by atoms with E-state index in [9.17, 15) is 9.59 Å². The lowest BCUT2D eigenvalue weighted by Crippen LogP contribution is -2.39. The van der Waals surface area contributed by atoms with E-state index in [-0.39, 0.29) is 12.5 Å². The molecule has 1 aliphatic carbocycles. The molecular weight excluding hydrogens is 232 g/mol. The molecule has 1 fully saturated rings. The van der Waals surface area contributed by atoms with Crippen LogP contribution in [-0.2, 0) is 11.3 Å². The van der Waals surface area contributed by atoms with Crippen LogP contribution in [0.5, 0.6) is 0 Å². The van der Waals surface area contributed by atoms with Crippen LogP contribution in [0.2, 0.25) is 0 Å². The van der Waals surface area contributed by atoms with Gasteiger partial charge in [-0.05, 0) is 25.0 Å². The molecule has 98 valence electrons. The summed E-state index contributed by atoms with van der Waals surface area (Å²) in [7, 11) is 0. The first kappa shape index (κ1) is 12.8. The molecule has 2 N–H and O–H groups in total. The Bertz CT molecular complexity index is 422. The summed E-state index contributed by atoms with van der Waals surface area (Å²) in [4.78, 5) is 23.7. The van der Waals surface area contributed by atoms with Crippen molar-refractivity contribution in [2.24, 2.45) is 5.73 Å². The van der Waals surface area contributed by atoms with Crippen molar-refractivity contribution in [1.82, 2.24) is 4.90 Å². The zero-order valence-corrected chi connectivity index (χ0v) is 10.3. The third kappa shape index (κ3) is 3.20. The molecule has 1 aromatic heterocycles. The van der Waals surface area contributed by atoms with Gasteiger partial charge in [0.1, 0.15) is 5.76 Å². The molecule has 1 heterocycles. The molecule has 18 heavy (non-hydrogen) atoms. The predicted octanol–water partition coefficient (Wildman–Crippen LogP) is 1.32. The summed E-state index contributed by atoms with van der Waals surface area (Å²) in [5, 5.41) is 0. The highest BCUT2D eigenvalue weighted by molar-refractivity contribution is 5.76. The number of primary amides is 1. The SMILES string of the molecule is NC(=O)CN(Cc1ccc(C=O)o1)C1CCCC1. The Morgan fingerprint density at radius 1 is 1.44 bits per heavy atom. The molecule has 0 aliphatic heterocycles. The maximum atomic E-state index is 11.1. The minimum atomic E-state index is -0.330. The summed E-state index contributed by atoms with van der Waals surface area (Å²) in [6.45, 7) is 0.767. The molecule has 5 nitrogen and oxygen atoms in total. The number of carbonyl (C=O) groups excluding carboxylic acids is 2. The largest absolute Gasteiger partial charge is 0.457 e. The van der Waals surface area contributed by atoms with Crippen molar-refractivity contribution in [3.8, 4) is 0 Å². The summed E-state index contributed by atoms with van der Waals surface area (Å²) in [6.07, 6.45) is 5.25. The standard InChI is InChI=1S/C13H18N2O3/c14-13(17)8-15(10-3-1-2-4-10)7-11-5-6-12(9-16)18-11/h5-6,9-10H,1-4,7-8H2,(H2,14,17). The molecular formula is C13H18N2O3. The molecule has 2 rings (SSSR count). The number of furan rings is 1. The lowest BCUT2D eigenvalue weighted by atomic mass is 10.2. The van der Waals surface area contributed by atoms with E-state index in [2.05, 4.69) is 0 Å². The van der Waals surface area contributed by atoms with Gasteiger partial charge in [-0.15, -0.1) is 0 Å². The van der Waals surface area contributed by atoms with E-state index >= 15 is 0 Å². The highest BCUT2D eigenvalue weighted by Gasteiger charge is 2.24. The first-order valence-corrected chi connectivity index (χ1v) is 6.25. The van der Waals surface area contributed by atoms with Crippen LogP contribution in [0.4, 0.5) is 0 Å². The van der Waals surface area contributed by atoms with E-state index in [4.69, 9.17) is 10.2 Å². The summed E-state index contributed by atoms with van der Waals surface area (Å²) >= 11 is 0. The highest BCUT2D eigenvalue weighted by atomic mass is 16.3. The number of hydrogen-bond donors (Lipinski definition) is 1. The number of hydrogen-bond acceptors (Lipinski definition) is 4. The number of nitrogens with two attached hydrogens (primary N) is 1. The van der Waals surface area contributed by atoms with Crippen LogP contribution in [-0.4, -0.2) is 29.7 Å². The Morgan fingerprint density at radius 2 is 2.17 bits per heavy atom. The van der Waals surface area contributed by atoms with Crippen LogP contribution >= 0.6 is 0 Å². The minimum Gasteiger partial charge on any atom is -0.457 e. The molecule has 1 amide bonds. The summed E-state index contributed by atoms with van der Waals surface area (Å²) in [5.41, 5.74) is 5.28. The Morgan fingerprint density at radius 3 is 2.72 bits per heavy atom. The van der Waals surface area contributed by atoms with Crippen molar-refractivity contribution in [2.45, 2.75) is 38.3 Å². The van der Waals surface area contributed by atoms with Crippen LogP contribution < -0.4 is 5.73 Å². The molecule has 0 bridgehead atoms. The van der Waals surface area contributed by atoms with Gasteiger partial charge in [0.2, 0.25) is 5.91 Å². The second-order valence-corrected chi connectivity index (χ2v) is 4.73. The van der Waals surface area contributed by atoms with E-state index in [0.29, 0.717) is 30.4 Å². The van der Waals surface area contributed by atoms with E-state index in [0.717, 1.165) is 12.8 Å². The zero-order valence-electron chi connectivity index (χ0n) is 10.3. The van der Waals surface area contributed by atoms with Gasteiger partial charge < -0.3 is 10.2 Å². The Labute approximate surface area is 106 Å². The zero-order chi connectivity index (χ0) is 13.0. The lowest BCUT2D eigenvalue weighted by Gasteiger charge is -2.26. The van der Waals surface area contributed by atoms with E-state index in [1.54, 1.807) is 12.1 Å². The van der Waals surface area contributed by atoms with Gasteiger partial charge in [0.25, 0.3) is 0 Å². The molecule has 1 aliphatic rings. The molecule has 5 heteroatoms.